The van der Waals surface area contributed by atoms with Crippen LogP contribution < -0.4 is 9.88 Å². The molecule has 0 radical (unpaired) electrons. The third-order valence-electron chi connectivity index (χ3n) is 2.13. The maximum Gasteiger partial charge on any atom is 0.120 e. The second kappa shape index (κ2) is 5.28. The third-order valence-corrected chi connectivity index (χ3v) is 3.26. The lowest BCUT2D eigenvalue weighted by Crippen LogP contribution is -2.29. The fraction of sp³-hybridized carbons (Fsp3) is 0.545. The average Bonchev–Trinajstić information content (AvgIpc) is 2.56. The van der Waals surface area contributed by atoms with Crippen LogP contribution in [0.5, 0.6) is 0 Å². The van der Waals surface area contributed by atoms with Crippen LogP contribution in [-0.2, 0) is 4.74 Å². The van der Waals surface area contributed by atoms with Gasteiger partial charge in [-0.15, -0.1) is 11.3 Å². The second-order valence-corrected chi connectivity index (χ2v) is 4.75. The Morgan fingerprint density at radius 3 is 2.40 bits per heavy atom. The molecule has 1 aromatic heterocycles. The zero-order valence-electron chi connectivity index (χ0n) is 9.63. The van der Waals surface area contributed by atoms with Crippen LogP contribution in [0.15, 0.2) is 0 Å². The Morgan fingerprint density at radius 1 is 1.27 bits per heavy atom. The first-order valence-corrected chi connectivity index (χ1v) is 5.67. The van der Waals surface area contributed by atoms with Crippen molar-refractivity contribution in [3.63, 3.8) is 0 Å². The largest absolute Gasteiger partial charge is 0.510 e. The summed E-state index contributed by atoms with van der Waals surface area (Å²) in [5.74, 6) is 0.458. The number of aliphatic hydroxyl groups excluding tert-OH is 1. The SMILES string of the molecule is CC1=c2sc(C)nc2=C(O)CC1.COC. The maximum atomic E-state index is 9.54. The smallest absolute Gasteiger partial charge is 0.120 e. The van der Waals surface area contributed by atoms with Gasteiger partial charge in [0.15, 0.2) is 0 Å². The Hall–Kier alpha value is -0.870. The number of fused-ring (bicyclic) bond motifs is 1. The van der Waals surface area contributed by atoms with Gasteiger partial charge in [-0.2, -0.15) is 0 Å². The summed E-state index contributed by atoms with van der Waals surface area (Å²) in [7, 11) is 3.25. The van der Waals surface area contributed by atoms with Gasteiger partial charge < -0.3 is 9.84 Å². The molecule has 0 saturated carbocycles. The summed E-state index contributed by atoms with van der Waals surface area (Å²) in [5, 5.41) is 11.4. The lowest BCUT2D eigenvalue weighted by molar-refractivity contribution is 0.277. The molecule has 0 aromatic carbocycles. The number of methoxy groups -OCH3 is 1. The van der Waals surface area contributed by atoms with Crippen LogP contribution in [-0.4, -0.2) is 24.3 Å². The summed E-state index contributed by atoms with van der Waals surface area (Å²) in [5.41, 5.74) is 1.36. The van der Waals surface area contributed by atoms with E-state index in [-0.39, 0.29) is 0 Å². The fourth-order valence-electron chi connectivity index (χ4n) is 1.45. The van der Waals surface area contributed by atoms with Crippen LogP contribution in [0.2, 0.25) is 0 Å². The van der Waals surface area contributed by atoms with Gasteiger partial charge in [0, 0.05) is 20.6 Å². The Bertz CT molecular complexity index is 408. The van der Waals surface area contributed by atoms with Crippen LogP contribution in [0, 0.1) is 6.92 Å². The summed E-state index contributed by atoms with van der Waals surface area (Å²) in [6.45, 7) is 4.09. The van der Waals surface area contributed by atoms with Gasteiger partial charge in [-0.05, 0) is 20.3 Å². The number of thiazole rings is 1. The lowest BCUT2D eigenvalue weighted by atomic mass is 10.1. The molecule has 4 heteroatoms. The lowest BCUT2D eigenvalue weighted by Gasteiger charge is -2.04. The van der Waals surface area contributed by atoms with E-state index in [1.165, 1.54) is 10.1 Å². The molecule has 3 nitrogen and oxygen atoms in total. The fourth-order valence-corrected chi connectivity index (χ4v) is 2.42. The van der Waals surface area contributed by atoms with Crippen LogP contribution in [0.1, 0.15) is 24.8 Å². The predicted octanol–water partition coefficient (Wildman–Crippen LogP) is 1.34. The van der Waals surface area contributed by atoms with Crippen LogP contribution in [0.4, 0.5) is 0 Å². The van der Waals surface area contributed by atoms with Crippen LogP contribution in [0.25, 0.3) is 11.3 Å². The highest BCUT2D eigenvalue weighted by molar-refractivity contribution is 7.09. The molecular weight excluding hydrogens is 210 g/mol. The number of ether oxygens (including phenoxy) is 1. The first kappa shape index (κ1) is 12.2. The molecule has 0 spiro atoms. The van der Waals surface area contributed by atoms with Gasteiger partial charge in [0.05, 0.1) is 9.54 Å². The zero-order valence-corrected chi connectivity index (χ0v) is 10.4. The summed E-state index contributed by atoms with van der Waals surface area (Å²) in [6, 6.07) is 0. The Labute approximate surface area is 93.7 Å². The van der Waals surface area contributed by atoms with Gasteiger partial charge in [-0.25, -0.2) is 4.98 Å². The number of aryl methyl sites for hydroxylation is 1. The molecule has 1 aliphatic rings. The van der Waals surface area contributed by atoms with Crippen molar-refractivity contribution in [2.75, 3.05) is 14.2 Å². The van der Waals surface area contributed by atoms with E-state index in [9.17, 15) is 5.11 Å². The van der Waals surface area contributed by atoms with Gasteiger partial charge in [-0.1, -0.05) is 5.57 Å². The Balaban J connectivity index is 0.000000337. The van der Waals surface area contributed by atoms with E-state index >= 15 is 0 Å². The van der Waals surface area contributed by atoms with Crippen molar-refractivity contribution in [3.05, 3.63) is 14.9 Å². The van der Waals surface area contributed by atoms with Gasteiger partial charge >= 0.3 is 0 Å². The monoisotopic (exact) mass is 227 g/mol. The highest BCUT2D eigenvalue weighted by atomic mass is 32.1. The van der Waals surface area contributed by atoms with E-state index in [2.05, 4.69) is 16.6 Å². The molecule has 15 heavy (non-hydrogen) atoms. The molecule has 0 unspecified atom stereocenters. The average molecular weight is 227 g/mol. The normalized spacial score (nSPS) is 14.4. The van der Waals surface area contributed by atoms with Crippen LogP contribution >= 0.6 is 11.3 Å². The minimum Gasteiger partial charge on any atom is -0.510 e. The molecule has 0 bridgehead atoms. The van der Waals surface area contributed by atoms with E-state index in [4.69, 9.17) is 0 Å². The quantitative estimate of drug-likeness (QED) is 0.727. The highest BCUT2D eigenvalue weighted by Crippen LogP contribution is 2.12. The molecule has 0 amide bonds. The van der Waals surface area contributed by atoms with Gasteiger partial charge in [0.1, 0.15) is 11.1 Å². The summed E-state index contributed by atoms with van der Waals surface area (Å²) >= 11 is 1.67. The van der Waals surface area contributed by atoms with E-state index in [1.54, 1.807) is 25.6 Å². The van der Waals surface area contributed by atoms with Gasteiger partial charge in [-0.3, -0.25) is 0 Å². The molecule has 0 saturated heterocycles. The van der Waals surface area contributed by atoms with E-state index < -0.39 is 0 Å². The van der Waals surface area contributed by atoms with E-state index in [0.717, 1.165) is 23.2 Å². The number of nitrogens with zero attached hydrogens (tertiary/aromatic N) is 1. The van der Waals surface area contributed by atoms with Crippen molar-refractivity contribution < 1.29 is 9.84 Å². The van der Waals surface area contributed by atoms with Gasteiger partial charge in [0.25, 0.3) is 0 Å². The molecular formula is C11H17NO2S. The molecule has 1 aromatic rings. The zero-order chi connectivity index (χ0) is 11.4. The highest BCUT2D eigenvalue weighted by Gasteiger charge is 2.10. The third kappa shape index (κ3) is 2.79. The summed E-state index contributed by atoms with van der Waals surface area (Å²) < 4.78 is 5.43. The van der Waals surface area contributed by atoms with Crippen molar-refractivity contribution >= 4 is 22.7 Å². The molecule has 0 aliphatic heterocycles. The summed E-state index contributed by atoms with van der Waals surface area (Å²) in [4.78, 5) is 4.29. The number of rotatable bonds is 0. The second-order valence-electron chi connectivity index (χ2n) is 3.55. The standard InChI is InChI=1S/C9H11NOS.C2H6O/c1-5-3-4-7(11)8-9(5)12-6(2)10-8;1-3-2/h11H,3-4H2,1-2H3;1-2H3. The molecule has 1 heterocycles. The number of aliphatic hydroxyl groups is 1. The molecule has 0 fully saturated rings. The van der Waals surface area contributed by atoms with Crippen molar-refractivity contribution in [1.82, 2.24) is 4.98 Å². The molecule has 84 valence electrons. The molecule has 1 N–H and O–H groups in total. The maximum absolute atomic E-state index is 9.54. The first-order chi connectivity index (χ1) is 7.10. The van der Waals surface area contributed by atoms with Crippen molar-refractivity contribution in [3.8, 4) is 0 Å². The van der Waals surface area contributed by atoms with Crippen molar-refractivity contribution in [1.29, 1.82) is 0 Å². The molecule has 2 rings (SSSR count). The minimum absolute atomic E-state index is 0.458. The number of hydrogen-bond acceptors (Lipinski definition) is 4. The van der Waals surface area contributed by atoms with E-state index in [0.29, 0.717) is 5.76 Å². The first-order valence-electron chi connectivity index (χ1n) is 4.85. The van der Waals surface area contributed by atoms with Gasteiger partial charge in [0.2, 0.25) is 0 Å². The van der Waals surface area contributed by atoms with Crippen molar-refractivity contribution in [2.45, 2.75) is 26.7 Å². The van der Waals surface area contributed by atoms with E-state index in [1.807, 2.05) is 6.92 Å². The van der Waals surface area contributed by atoms with Crippen molar-refractivity contribution in [2.24, 2.45) is 0 Å². The minimum atomic E-state index is 0.458. The topological polar surface area (TPSA) is 42.4 Å². The predicted molar refractivity (Wildman–Crippen MR) is 63.4 cm³/mol. The van der Waals surface area contributed by atoms with Crippen LogP contribution in [0.3, 0.4) is 0 Å². The molecule has 0 atom stereocenters. The number of aromatic nitrogens is 1. The Kier molecular flexibility index (Phi) is 4.29. The number of hydrogen-bond donors (Lipinski definition) is 1. The Morgan fingerprint density at radius 2 is 1.87 bits per heavy atom. The summed E-state index contributed by atoms with van der Waals surface area (Å²) in [6.07, 6.45) is 1.72. The molecule has 1 aliphatic carbocycles.